The zero-order chi connectivity index (χ0) is 32.2. The minimum absolute atomic E-state index is 0.0337. The Bertz CT molecular complexity index is 2120. The third kappa shape index (κ3) is 5.43. The standard InChI is InChI=1S/C29H15F7N6O2S/c30-14-5-1-12(2-6-14)16-9-20(29(34,35)36)40-28-21(16)22(23(45-28)25(37)43)41-27(44)17-11-38-42-19(24(32)33)10-18(39-26(17)42)13-3-7-15(31)8-4-13/h1-11,24H,(H2,37,43)(H,41,44). The molecule has 0 spiro atoms. The molecule has 4 heterocycles. The van der Waals surface area contributed by atoms with Gasteiger partial charge in [-0.1, -0.05) is 12.1 Å². The highest BCUT2D eigenvalue weighted by molar-refractivity contribution is 7.21. The van der Waals surface area contributed by atoms with Crippen LogP contribution in [0, 0.1) is 11.6 Å². The highest BCUT2D eigenvalue weighted by Crippen LogP contribution is 2.44. The molecule has 8 nitrogen and oxygen atoms in total. The third-order valence-electron chi connectivity index (χ3n) is 6.68. The summed E-state index contributed by atoms with van der Waals surface area (Å²) in [5.41, 5.74) is 2.75. The van der Waals surface area contributed by atoms with Gasteiger partial charge in [0.25, 0.3) is 18.2 Å². The van der Waals surface area contributed by atoms with Crippen LogP contribution in [-0.2, 0) is 6.18 Å². The van der Waals surface area contributed by atoms with Gasteiger partial charge < -0.3 is 11.1 Å². The van der Waals surface area contributed by atoms with E-state index in [0.29, 0.717) is 17.4 Å². The summed E-state index contributed by atoms with van der Waals surface area (Å²) in [6.45, 7) is 0. The average Bonchev–Trinajstić information content (AvgIpc) is 3.58. The van der Waals surface area contributed by atoms with Crippen molar-refractivity contribution >= 4 is 44.7 Å². The first-order chi connectivity index (χ1) is 21.3. The van der Waals surface area contributed by atoms with E-state index in [1.54, 1.807) is 0 Å². The lowest BCUT2D eigenvalue weighted by atomic mass is 10.0. The maximum Gasteiger partial charge on any atom is 0.433 e. The Morgan fingerprint density at radius 1 is 0.911 bits per heavy atom. The van der Waals surface area contributed by atoms with Crippen molar-refractivity contribution in [1.82, 2.24) is 19.6 Å². The molecule has 3 N–H and O–H groups in total. The number of carbonyl (C=O) groups excluding carboxylic acids is 2. The van der Waals surface area contributed by atoms with Crippen LogP contribution in [0.15, 0.2) is 66.9 Å². The van der Waals surface area contributed by atoms with Gasteiger partial charge in [0.2, 0.25) is 0 Å². The fourth-order valence-electron chi connectivity index (χ4n) is 4.64. The lowest BCUT2D eigenvalue weighted by Gasteiger charge is -2.12. The van der Waals surface area contributed by atoms with Crippen molar-refractivity contribution in [2.45, 2.75) is 12.6 Å². The maximum absolute atomic E-state index is 14.0. The van der Waals surface area contributed by atoms with Gasteiger partial charge >= 0.3 is 6.18 Å². The van der Waals surface area contributed by atoms with Crippen molar-refractivity contribution in [3.8, 4) is 22.4 Å². The van der Waals surface area contributed by atoms with Crippen LogP contribution in [0.4, 0.5) is 36.4 Å². The van der Waals surface area contributed by atoms with Crippen molar-refractivity contribution in [1.29, 1.82) is 0 Å². The van der Waals surface area contributed by atoms with Gasteiger partial charge in [0.1, 0.15) is 38.3 Å². The van der Waals surface area contributed by atoms with Crippen LogP contribution in [0.25, 0.3) is 38.2 Å². The average molecular weight is 645 g/mol. The number of primary amides is 1. The Kier molecular flexibility index (Phi) is 7.23. The molecule has 2 aromatic carbocycles. The van der Waals surface area contributed by atoms with Crippen LogP contribution in [-0.4, -0.2) is 31.4 Å². The topological polar surface area (TPSA) is 115 Å². The first-order valence-electron chi connectivity index (χ1n) is 12.7. The molecule has 0 fully saturated rings. The van der Waals surface area contributed by atoms with Gasteiger partial charge in [0, 0.05) is 10.9 Å². The van der Waals surface area contributed by atoms with Crippen molar-refractivity contribution in [2.75, 3.05) is 5.32 Å². The van der Waals surface area contributed by atoms with E-state index in [1.165, 1.54) is 24.3 Å². The van der Waals surface area contributed by atoms with Crippen LogP contribution in [0.3, 0.4) is 0 Å². The molecule has 6 rings (SSSR count). The van der Waals surface area contributed by atoms with E-state index in [4.69, 9.17) is 5.73 Å². The molecule has 45 heavy (non-hydrogen) atoms. The normalized spacial score (nSPS) is 11.9. The molecule has 0 saturated carbocycles. The second kappa shape index (κ2) is 11.0. The molecule has 0 atom stereocenters. The molecule has 0 radical (unpaired) electrons. The number of rotatable bonds is 6. The predicted octanol–water partition coefficient (Wildman–Crippen LogP) is 7.26. The number of thiophene rings is 1. The molecule has 2 amide bonds. The van der Waals surface area contributed by atoms with Crippen LogP contribution < -0.4 is 11.1 Å². The summed E-state index contributed by atoms with van der Waals surface area (Å²) in [7, 11) is 0. The smallest absolute Gasteiger partial charge is 0.365 e. The van der Waals surface area contributed by atoms with Crippen LogP contribution in [0.2, 0.25) is 0 Å². The number of nitrogens with one attached hydrogen (secondary N) is 1. The quantitative estimate of drug-likeness (QED) is 0.185. The SMILES string of the molecule is NC(=O)c1sc2nc(C(F)(F)F)cc(-c3ccc(F)cc3)c2c1NC(=O)c1cnn2c(C(F)F)cc(-c3ccc(F)cc3)nc12. The number of anilines is 1. The van der Waals surface area contributed by atoms with Gasteiger partial charge in [-0.3, -0.25) is 9.59 Å². The number of alkyl halides is 5. The number of aromatic nitrogens is 4. The second-order valence-electron chi connectivity index (χ2n) is 9.53. The molecule has 0 aliphatic carbocycles. The highest BCUT2D eigenvalue weighted by atomic mass is 32.1. The lowest BCUT2D eigenvalue weighted by molar-refractivity contribution is -0.140. The number of hydrogen-bond donors (Lipinski definition) is 2. The predicted molar refractivity (Wildman–Crippen MR) is 150 cm³/mol. The molecular formula is C29H15F7N6O2S. The zero-order valence-electron chi connectivity index (χ0n) is 22.2. The van der Waals surface area contributed by atoms with E-state index in [2.05, 4.69) is 20.4 Å². The van der Waals surface area contributed by atoms with Crippen molar-refractivity contribution < 1.29 is 40.3 Å². The monoisotopic (exact) mass is 644 g/mol. The molecule has 228 valence electrons. The van der Waals surface area contributed by atoms with Crippen molar-refractivity contribution in [2.24, 2.45) is 5.73 Å². The molecule has 0 bridgehead atoms. The van der Waals surface area contributed by atoms with E-state index in [9.17, 15) is 40.3 Å². The largest absolute Gasteiger partial charge is 0.433 e. The maximum atomic E-state index is 14.0. The minimum atomic E-state index is -4.91. The summed E-state index contributed by atoms with van der Waals surface area (Å²) in [5.74, 6) is -3.38. The summed E-state index contributed by atoms with van der Waals surface area (Å²) in [6.07, 6.45) is -7.03. The van der Waals surface area contributed by atoms with Crippen LogP contribution in [0.1, 0.15) is 37.8 Å². The molecule has 4 aromatic heterocycles. The Morgan fingerprint density at radius 3 is 2.11 bits per heavy atom. The van der Waals surface area contributed by atoms with Crippen LogP contribution >= 0.6 is 11.3 Å². The summed E-state index contributed by atoms with van der Waals surface area (Å²) in [5, 5.41) is 6.21. The molecule has 16 heteroatoms. The molecular weight excluding hydrogens is 629 g/mol. The number of amides is 2. The van der Waals surface area contributed by atoms with E-state index in [-0.39, 0.29) is 54.4 Å². The van der Waals surface area contributed by atoms with E-state index in [1.807, 2.05) is 0 Å². The van der Waals surface area contributed by atoms with E-state index in [0.717, 1.165) is 41.0 Å². The first kappa shape index (κ1) is 29.7. The Balaban J connectivity index is 1.53. The summed E-state index contributed by atoms with van der Waals surface area (Å²) in [4.78, 5) is 33.3. The second-order valence-corrected chi connectivity index (χ2v) is 10.5. The van der Waals surface area contributed by atoms with Gasteiger partial charge in [-0.05, 0) is 59.7 Å². The number of hydrogen-bond acceptors (Lipinski definition) is 6. The number of pyridine rings is 1. The minimum Gasteiger partial charge on any atom is -0.365 e. The Labute approximate surface area is 251 Å². The summed E-state index contributed by atoms with van der Waals surface area (Å²) >= 11 is 0.484. The molecule has 0 aliphatic heterocycles. The number of carbonyl (C=O) groups is 2. The van der Waals surface area contributed by atoms with E-state index < -0.39 is 47.4 Å². The zero-order valence-corrected chi connectivity index (χ0v) is 23.0. The Morgan fingerprint density at radius 2 is 1.53 bits per heavy atom. The fraction of sp³-hybridized carbons (Fsp3) is 0.0690. The van der Waals surface area contributed by atoms with Crippen molar-refractivity contribution in [3.63, 3.8) is 0 Å². The highest BCUT2D eigenvalue weighted by Gasteiger charge is 2.35. The third-order valence-corrected chi connectivity index (χ3v) is 7.78. The number of nitrogens with zero attached hydrogens (tertiary/aromatic N) is 4. The summed E-state index contributed by atoms with van der Waals surface area (Å²) in [6, 6.07) is 10.9. The van der Waals surface area contributed by atoms with Crippen molar-refractivity contribution in [3.05, 3.63) is 100 Å². The molecule has 0 unspecified atom stereocenters. The fourth-order valence-corrected chi connectivity index (χ4v) is 5.65. The number of halogens is 7. The first-order valence-corrected chi connectivity index (χ1v) is 13.5. The van der Waals surface area contributed by atoms with Crippen LogP contribution in [0.5, 0.6) is 0 Å². The summed E-state index contributed by atoms with van der Waals surface area (Å²) < 4.78 is 97.3. The molecule has 0 saturated heterocycles. The molecule has 6 aromatic rings. The number of benzene rings is 2. The van der Waals surface area contributed by atoms with Gasteiger partial charge in [-0.2, -0.15) is 18.3 Å². The van der Waals surface area contributed by atoms with Gasteiger partial charge in [0.15, 0.2) is 5.65 Å². The number of fused-ring (bicyclic) bond motifs is 2. The van der Waals surface area contributed by atoms with Gasteiger partial charge in [-0.25, -0.2) is 32.0 Å². The number of nitrogens with two attached hydrogens (primary N) is 1. The van der Waals surface area contributed by atoms with Gasteiger partial charge in [0.05, 0.1) is 17.6 Å². The van der Waals surface area contributed by atoms with Gasteiger partial charge in [-0.15, -0.1) is 11.3 Å². The lowest BCUT2D eigenvalue weighted by Crippen LogP contribution is -2.17. The Hall–Kier alpha value is -5.38. The molecule has 0 aliphatic rings. The van der Waals surface area contributed by atoms with E-state index >= 15 is 0 Å².